The van der Waals surface area contributed by atoms with Crippen molar-refractivity contribution >= 4 is 22.3 Å². The molecule has 3 N–H and O–H groups in total. The molecular formula is C15H21N3O. The Bertz CT molecular complexity index is 528. The van der Waals surface area contributed by atoms with Crippen LogP contribution in [0.4, 0.5) is 11.4 Å². The maximum atomic E-state index is 5.77. The molecule has 0 aliphatic heterocycles. The molecule has 0 atom stereocenters. The van der Waals surface area contributed by atoms with E-state index in [2.05, 4.69) is 10.3 Å². The second-order valence-corrected chi connectivity index (χ2v) is 4.62. The van der Waals surface area contributed by atoms with Gasteiger partial charge in [0.15, 0.2) is 0 Å². The predicted octanol–water partition coefficient (Wildman–Crippen LogP) is 3.05. The summed E-state index contributed by atoms with van der Waals surface area (Å²) >= 11 is 0. The number of rotatable bonds is 7. The van der Waals surface area contributed by atoms with Crippen LogP contribution in [0, 0.1) is 0 Å². The van der Waals surface area contributed by atoms with Crippen LogP contribution in [0.1, 0.15) is 19.3 Å². The van der Waals surface area contributed by atoms with Gasteiger partial charge in [-0.2, -0.15) is 0 Å². The number of anilines is 2. The van der Waals surface area contributed by atoms with Crippen molar-refractivity contribution in [2.75, 3.05) is 31.3 Å². The number of hydrogen-bond donors (Lipinski definition) is 2. The third-order valence-electron chi connectivity index (χ3n) is 3.11. The van der Waals surface area contributed by atoms with Crippen molar-refractivity contribution in [1.82, 2.24) is 4.98 Å². The van der Waals surface area contributed by atoms with E-state index >= 15 is 0 Å². The van der Waals surface area contributed by atoms with E-state index in [1.54, 1.807) is 7.11 Å². The first-order chi connectivity index (χ1) is 9.31. The summed E-state index contributed by atoms with van der Waals surface area (Å²) in [5, 5.41) is 4.58. The second-order valence-electron chi connectivity index (χ2n) is 4.62. The number of pyridine rings is 1. The minimum Gasteiger partial charge on any atom is -0.399 e. The largest absolute Gasteiger partial charge is 0.399 e. The highest BCUT2D eigenvalue weighted by Crippen LogP contribution is 2.23. The molecule has 0 fully saturated rings. The van der Waals surface area contributed by atoms with Crippen LogP contribution >= 0.6 is 0 Å². The van der Waals surface area contributed by atoms with E-state index in [0.29, 0.717) is 0 Å². The Balaban J connectivity index is 1.93. The van der Waals surface area contributed by atoms with Crippen molar-refractivity contribution in [3.8, 4) is 0 Å². The highest BCUT2D eigenvalue weighted by molar-refractivity contribution is 5.92. The lowest BCUT2D eigenvalue weighted by molar-refractivity contribution is 0.192. The van der Waals surface area contributed by atoms with Crippen molar-refractivity contribution in [3.05, 3.63) is 30.5 Å². The topological polar surface area (TPSA) is 60.2 Å². The third kappa shape index (κ3) is 3.83. The summed E-state index contributed by atoms with van der Waals surface area (Å²) in [5.74, 6) is 0. The van der Waals surface area contributed by atoms with E-state index in [4.69, 9.17) is 10.5 Å². The average molecular weight is 259 g/mol. The van der Waals surface area contributed by atoms with Gasteiger partial charge in [0, 0.05) is 43.2 Å². The van der Waals surface area contributed by atoms with Gasteiger partial charge in [-0.3, -0.25) is 4.98 Å². The van der Waals surface area contributed by atoms with Crippen molar-refractivity contribution in [3.63, 3.8) is 0 Å². The molecule has 0 aliphatic rings. The lowest BCUT2D eigenvalue weighted by atomic mass is 10.1. The number of hydrogen-bond acceptors (Lipinski definition) is 4. The summed E-state index contributed by atoms with van der Waals surface area (Å²) in [5.41, 5.74) is 8.57. The van der Waals surface area contributed by atoms with E-state index in [-0.39, 0.29) is 0 Å². The summed E-state index contributed by atoms with van der Waals surface area (Å²) in [6.45, 7) is 1.81. The van der Waals surface area contributed by atoms with Gasteiger partial charge in [0.1, 0.15) is 0 Å². The van der Waals surface area contributed by atoms with Crippen LogP contribution in [0.25, 0.3) is 10.9 Å². The molecule has 0 saturated carbocycles. The SMILES string of the molecule is COCCCCCNc1ccnc2cc(N)ccc12. The average Bonchev–Trinajstić information content (AvgIpc) is 2.42. The van der Waals surface area contributed by atoms with Gasteiger partial charge in [-0.15, -0.1) is 0 Å². The molecule has 0 bridgehead atoms. The number of nitrogens with two attached hydrogens (primary N) is 1. The molecular weight excluding hydrogens is 238 g/mol. The molecule has 19 heavy (non-hydrogen) atoms. The molecule has 1 aromatic heterocycles. The monoisotopic (exact) mass is 259 g/mol. The molecule has 0 amide bonds. The second kappa shape index (κ2) is 6.95. The number of aromatic nitrogens is 1. The summed E-state index contributed by atoms with van der Waals surface area (Å²) in [7, 11) is 1.74. The Morgan fingerprint density at radius 3 is 2.95 bits per heavy atom. The summed E-state index contributed by atoms with van der Waals surface area (Å²) in [4.78, 5) is 4.33. The first-order valence-corrected chi connectivity index (χ1v) is 6.68. The molecule has 4 heteroatoms. The van der Waals surface area contributed by atoms with Gasteiger partial charge in [-0.05, 0) is 43.5 Å². The first-order valence-electron chi connectivity index (χ1n) is 6.68. The van der Waals surface area contributed by atoms with Crippen LogP contribution in [-0.2, 0) is 4.74 Å². The fourth-order valence-electron chi connectivity index (χ4n) is 2.09. The fraction of sp³-hybridized carbons (Fsp3) is 0.400. The molecule has 0 radical (unpaired) electrons. The minimum absolute atomic E-state index is 0.747. The molecule has 2 rings (SSSR count). The van der Waals surface area contributed by atoms with Gasteiger partial charge in [0.05, 0.1) is 5.52 Å². The Morgan fingerprint density at radius 1 is 1.21 bits per heavy atom. The highest BCUT2D eigenvalue weighted by atomic mass is 16.5. The fourth-order valence-corrected chi connectivity index (χ4v) is 2.09. The van der Waals surface area contributed by atoms with Crippen molar-refractivity contribution in [1.29, 1.82) is 0 Å². The van der Waals surface area contributed by atoms with Crippen LogP contribution in [0.3, 0.4) is 0 Å². The Hall–Kier alpha value is -1.81. The van der Waals surface area contributed by atoms with Gasteiger partial charge in [-0.1, -0.05) is 0 Å². The quantitative estimate of drug-likeness (QED) is 0.592. The predicted molar refractivity (Wildman–Crippen MR) is 80.4 cm³/mol. The maximum absolute atomic E-state index is 5.77. The molecule has 0 saturated heterocycles. The number of nitrogens with one attached hydrogen (secondary N) is 1. The van der Waals surface area contributed by atoms with Crippen LogP contribution < -0.4 is 11.1 Å². The number of nitrogen functional groups attached to an aromatic ring is 1. The molecule has 4 nitrogen and oxygen atoms in total. The lowest BCUT2D eigenvalue weighted by Crippen LogP contribution is -2.03. The van der Waals surface area contributed by atoms with Gasteiger partial charge >= 0.3 is 0 Å². The Labute approximate surface area is 114 Å². The summed E-state index contributed by atoms with van der Waals surface area (Å²) in [6, 6.07) is 7.84. The Kier molecular flexibility index (Phi) is 4.98. The molecule has 1 aromatic carbocycles. The maximum Gasteiger partial charge on any atom is 0.0743 e. The van der Waals surface area contributed by atoms with Crippen LogP contribution in [0.5, 0.6) is 0 Å². The van der Waals surface area contributed by atoms with E-state index < -0.39 is 0 Å². The number of benzene rings is 1. The zero-order valence-electron chi connectivity index (χ0n) is 11.4. The molecule has 0 spiro atoms. The minimum atomic E-state index is 0.747. The summed E-state index contributed by atoms with van der Waals surface area (Å²) in [6.07, 6.45) is 5.25. The Morgan fingerprint density at radius 2 is 2.11 bits per heavy atom. The number of unbranched alkanes of at least 4 members (excludes halogenated alkanes) is 2. The first kappa shape index (κ1) is 13.6. The van der Waals surface area contributed by atoms with E-state index in [9.17, 15) is 0 Å². The van der Waals surface area contributed by atoms with Crippen LogP contribution in [0.2, 0.25) is 0 Å². The van der Waals surface area contributed by atoms with Crippen molar-refractivity contribution in [2.45, 2.75) is 19.3 Å². The summed E-state index contributed by atoms with van der Waals surface area (Å²) < 4.78 is 5.04. The van der Waals surface area contributed by atoms with E-state index in [1.165, 1.54) is 6.42 Å². The number of fused-ring (bicyclic) bond motifs is 1. The number of ether oxygens (including phenoxy) is 1. The normalized spacial score (nSPS) is 10.8. The van der Waals surface area contributed by atoms with Gasteiger partial charge in [-0.25, -0.2) is 0 Å². The highest BCUT2D eigenvalue weighted by Gasteiger charge is 2.01. The van der Waals surface area contributed by atoms with E-state index in [1.807, 2.05) is 30.5 Å². The number of methoxy groups -OCH3 is 1. The van der Waals surface area contributed by atoms with Gasteiger partial charge < -0.3 is 15.8 Å². The molecule has 102 valence electrons. The van der Waals surface area contributed by atoms with Crippen LogP contribution in [-0.4, -0.2) is 25.2 Å². The van der Waals surface area contributed by atoms with Gasteiger partial charge in [0.25, 0.3) is 0 Å². The zero-order chi connectivity index (χ0) is 13.5. The van der Waals surface area contributed by atoms with Crippen molar-refractivity contribution < 1.29 is 4.74 Å². The molecule has 0 aliphatic carbocycles. The number of nitrogens with zero attached hydrogens (tertiary/aromatic N) is 1. The molecule has 2 aromatic rings. The zero-order valence-corrected chi connectivity index (χ0v) is 11.4. The molecule has 1 heterocycles. The van der Waals surface area contributed by atoms with Gasteiger partial charge in [0.2, 0.25) is 0 Å². The lowest BCUT2D eigenvalue weighted by Gasteiger charge is -2.09. The molecule has 0 unspecified atom stereocenters. The standard InChI is InChI=1S/C15H21N3O/c1-19-10-4-2-3-8-17-14-7-9-18-15-11-12(16)5-6-13(14)15/h5-7,9,11H,2-4,8,10,16H2,1H3,(H,17,18). The smallest absolute Gasteiger partial charge is 0.0743 e. The van der Waals surface area contributed by atoms with Crippen LogP contribution in [0.15, 0.2) is 30.5 Å². The van der Waals surface area contributed by atoms with Crippen molar-refractivity contribution in [2.24, 2.45) is 0 Å². The third-order valence-corrected chi connectivity index (χ3v) is 3.11. The van der Waals surface area contributed by atoms with E-state index in [0.717, 1.165) is 48.3 Å².